The Balaban J connectivity index is 0.000000246. The Morgan fingerprint density at radius 3 is 1.15 bits per heavy atom. The summed E-state index contributed by atoms with van der Waals surface area (Å²) in [5.74, 6) is -8.89. The van der Waals surface area contributed by atoms with Crippen molar-refractivity contribution in [1.82, 2.24) is 40.2 Å². The summed E-state index contributed by atoms with van der Waals surface area (Å²) in [5.41, 5.74) is 9.45. The Morgan fingerprint density at radius 1 is 0.500 bits per heavy atom. The zero-order chi connectivity index (χ0) is 62.9. The van der Waals surface area contributed by atoms with Crippen LogP contribution in [0.4, 0.5) is 52.7 Å². The lowest BCUT2D eigenvalue weighted by Gasteiger charge is -2.25. The summed E-state index contributed by atoms with van der Waals surface area (Å²) in [6, 6.07) is 16.2. The molecular formula is C60H54F12N10O4. The van der Waals surface area contributed by atoms with E-state index >= 15 is 0 Å². The third-order valence-electron chi connectivity index (χ3n) is 13.2. The minimum atomic E-state index is -4.73. The minimum Gasteiger partial charge on any atom is -0.366 e. The standard InChI is InChI=1S/2C30H27F6N5O2/c2*1-16(2)10-25(41-9-7-26(40-41)30(34,35)36)29(43)39-24(13-17-11-19(31)15-20(32)12-17)27-21(4-3-8-38-27)18-5-6-23(33)22(14-18)28(37)42/h2*3-9,11-12,14-16,24-25H,10,13H2,1-2H3,(H2,37,42)(H,39,43)/t24-,25+;24-,25-/m00/s1. The number of carbonyl (C=O) groups is 4. The van der Waals surface area contributed by atoms with E-state index in [1.165, 1.54) is 36.7 Å². The van der Waals surface area contributed by atoms with Gasteiger partial charge >= 0.3 is 12.4 Å². The van der Waals surface area contributed by atoms with E-state index in [1.54, 1.807) is 52.0 Å². The van der Waals surface area contributed by atoms with E-state index in [-0.39, 0.29) is 60.0 Å². The Morgan fingerprint density at radius 2 is 0.849 bits per heavy atom. The molecule has 8 aromatic rings. The second kappa shape index (κ2) is 27.1. The van der Waals surface area contributed by atoms with Crippen LogP contribution in [0.5, 0.6) is 0 Å². The zero-order valence-electron chi connectivity index (χ0n) is 46.0. The first kappa shape index (κ1) is 64.2. The largest absolute Gasteiger partial charge is 0.435 e. The predicted molar refractivity (Wildman–Crippen MR) is 290 cm³/mol. The highest BCUT2D eigenvalue weighted by molar-refractivity contribution is 5.95. The number of alkyl halides is 6. The second-order valence-corrected chi connectivity index (χ2v) is 20.7. The number of nitrogens with one attached hydrogen (secondary N) is 2. The molecule has 0 fully saturated rings. The SMILES string of the molecule is CC(C)C[C@@H](C(=O)N[C@@H](Cc1cc(F)cc(F)c1)c1ncccc1-c1ccc(F)c(C(N)=O)c1)n1ccc(C(F)(F)F)n1.CC(C)C[C@H](C(=O)N[C@@H](Cc1cc(F)cc(F)c1)c1ncccc1-c1ccc(F)c(C(N)=O)c1)n1ccc(C(F)(F)F)n1. The van der Waals surface area contributed by atoms with Crippen molar-refractivity contribution in [2.45, 2.75) is 89.9 Å². The van der Waals surface area contributed by atoms with Crippen LogP contribution >= 0.6 is 0 Å². The predicted octanol–water partition coefficient (Wildman–Crippen LogP) is 12.3. The number of pyridine rings is 2. The second-order valence-electron chi connectivity index (χ2n) is 20.7. The summed E-state index contributed by atoms with van der Waals surface area (Å²) < 4.78 is 166. The van der Waals surface area contributed by atoms with Crippen molar-refractivity contribution in [2.75, 3.05) is 0 Å². The van der Waals surface area contributed by atoms with Crippen LogP contribution in [0.2, 0.25) is 0 Å². The lowest BCUT2D eigenvalue weighted by atomic mass is 9.94. The number of rotatable bonds is 20. The van der Waals surface area contributed by atoms with Crippen LogP contribution in [0, 0.1) is 46.7 Å². The highest BCUT2D eigenvalue weighted by atomic mass is 19.4. The van der Waals surface area contributed by atoms with Crippen LogP contribution in [0.15, 0.2) is 134 Å². The number of amides is 4. The third-order valence-corrected chi connectivity index (χ3v) is 13.2. The summed E-state index contributed by atoms with van der Waals surface area (Å²) in [4.78, 5) is 59.9. The minimum absolute atomic E-state index is 0.112. The Bertz CT molecular complexity index is 3470. The quantitative estimate of drug-likeness (QED) is 0.0539. The van der Waals surface area contributed by atoms with Crippen molar-refractivity contribution >= 4 is 23.6 Å². The van der Waals surface area contributed by atoms with Gasteiger partial charge in [0.2, 0.25) is 11.8 Å². The van der Waals surface area contributed by atoms with Gasteiger partial charge in [-0.05, 0) is 133 Å². The van der Waals surface area contributed by atoms with Crippen LogP contribution in [0.1, 0.15) is 119 Å². The monoisotopic (exact) mass is 1210 g/mol. The number of benzene rings is 4. The van der Waals surface area contributed by atoms with Gasteiger partial charge in [-0.3, -0.25) is 38.5 Å². The van der Waals surface area contributed by atoms with Crippen molar-refractivity contribution in [2.24, 2.45) is 23.3 Å². The molecule has 0 saturated carbocycles. The van der Waals surface area contributed by atoms with Gasteiger partial charge in [-0.1, -0.05) is 52.0 Å². The van der Waals surface area contributed by atoms with E-state index in [2.05, 4.69) is 30.8 Å². The molecule has 0 saturated heterocycles. The van der Waals surface area contributed by atoms with Gasteiger partial charge in [0.1, 0.15) is 47.0 Å². The van der Waals surface area contributed by atoms with E-state index in [1.807, 2.05) is 0 Å². The van der Waals surface area contributed by atoms with Gasteiger partial charge in [-0.25, -0.2) is 26.3 Å². The molecule has 0 bridgehead atoms. The Kier molecular flexibility index (Phi) is 20.3. The van der Waals surface area contributed by atoms with Crippen molar-refractivity contribution in [3.8, 4) is 22.3 Å². The number of hydrogen-bond donors (Lipinski definition) is 4. The lowest BCUT2D eigenvalue weighted by Crippen LogP contribution is -2.37. The fourth-order valence-corrected chi connectivity index (χ4v) is 9.43. The first-order valence-electron chi connectivity index (χ1n) is 26.3. The molecular weight excluding hydrogens is 1150 g/mol. The van der Waals surface area contributed by atoms with Gasteiger partial charge in [-0.2, -0.15) is 36.5 Å². The molecule has 8 rings (SSSR count). The number of nitrogens with zero attached hydrogens (tertiary/aromatic N) is 6. The normalized spacial score (nSPS) is 13.1. The molecule has 6 N–H and O–H groups in total. The summed E-state index contributed by atoms with van der Waals surface area (Å²) >= 11 is 0. The maximum Gasteiger partial charge on any atom is 0.435 e. The average molecular weight is 1210 g/mol. The zero-order valence-corrected chi connectivity index (χ0v) is 46.0. The summed E-state index contributed by atoms with van der Waals surface area (Å²) in [6.07, 6.45) is -4.68. The first-order chi connectivity index (χ1) is 40.4. The van der Waals surface area contributed by atoms with Crippen molar-refractivity contribution < 1.29 is 71.9 Å². The number of primary amides is 2. The fourth-order valence-electron chi connectivity index (χ4n) is 9.43. The molecule has 0 aliphatic carbocycles. The molecule has 0 unspecified atom stereocenters. The van der Waals surface area contributed by atoms with Crippen molar-refractivity contribution in [3.05, 3.63) is 214 Å². The van der Waals surface area contributed by atoms with Gasteiger partial charge in [0.25, 0.3) is 11.8 Å². The molecule has 4 heterocycles. The number of halogens is 12. The maximum atomic E-state index is 14.2. The van der Waals surface area contributed by atoms with E-state index in [4.69, 9.17) is 11.5 Å². The summed E-state index contributed by atoms with van der Waals surface area (Å²) in [7, 11) is 0. The molecule has 0 aliphatic heterocycles. The van der Waals surface area contributed by atoms with Crippen LogP contribution < -0.4 is 22.1 Å². The summed E-state index contributed by atoms with van der Waals surface area (Å²) in [5, 5.41) is 12.7. The highest BCUT2D eigenvalue weighted by Crippen LogP contribution is 2.35. The van der Waals surface area contributed by atoms with E-state index in [0.29, 0.717) is 34.4 Å². The van der Waals surface area contributed by atoms with Gasteiger partial charge < -0.3 is 22.1 Å². The molecule has 4 aromatic carbocycles. The van der Waals surface area contributed by atoms with E-state index < -0.39 is 118 Å². The lowest BCUT2D eigenvalue weighted by molar-refractivity contribution is -0.142. The number of hydrogen-bond acceptors (Lipinski definition) is 8. The molecule has 452 valence electrons. The molecule has 0 aliphatic rings. The topological polar surface area (TPSA) is 206 Å². The van der Waals surface area contributed by atoms with Crippen LogP contribution in [-0.2, 0) is 34.8 Å². The molecule has 0 radical (unpaired) electrons. The summed E-state index contributed by atoms with van der Waals surface area (Å²) in [6.45, 7) is 7.12. The maximum absolute atomic E-state index is 14.2. The molecule has 4 aromatic heterocycles. The molecule has 86 heavy (non-hydrogen) atoms. The molecule has 4 atom stereocenters. The fraction of sp³-hybridized carbons (Fsp3) is 0.267. The van der Waals surface area contributed by atoms with Crippen molar-refractivity contribution in [3.63, 3.8) is 0 Å². The van der Waals surface area contributed by atoms with Gasteiger partial charge in [-0.15, -0.1) is 0 Å². The molecule has 4 amide bonds. The Labute approximate surface area is 483 Å². The molecule has 26 heteroatoms. The van der Waals surface area contributed by atoms with Crippen molar-refractivity contribution in [1.29, 1.82) is 0 Å². The smallest absolute Gasteiger partial charge is 0.366 e. The first-order valence-corrected chi connectivity index (χ1v) is 26.3. The van der Waals surface area contributed by atoms with Gasteiger partial charge in [0.15, 0.2) is 11.4 Å². The number of carbonyl (C=O) groups excluding carboxylic acids is 4. The number of nitrogens with two attached hydrogens (primary N) is 2. The van der Waals surface area contributed by atoms with E-state index in [9.17, 15) is 71.9 Å². The van der Waals surface area contributed by atoms with Crippen LogP contribution in [0.3, 0.4) is 0 Å². The third kappa shape index (κ3) is 16.5. The van der Waals surface area contributed by atoms with Crippen LogP contribution in [0.25, 0.3) is 22.3 Å². The number of aromatic nitrogens is 6. The highest BCUT2D eigenvalue weighted by Gasteiger charge is 2.37. The Hall–Kier alpha value is -9.36. The molecule has 0 spiro atoms. The average Bonchev–Trinajstić information content (AvgIpc) is 1.45. The van der Waals surface area contributed by atoms with Gasteiger partial charge in [0.05, 0.1) is 34.6 Å². The van der Waals surface area contributed by atoms with Gasteiger partial charge in [0, 0.05) is 48.0 Å². The molecule has 14 nitrogen and oxygen atoms in total. The van der Waals surface area contributed by atoms with E-state index in [0.717, 1.165) is 70.3 Å². The van der Waals surface area contributed by atoms with Crippen LogP contribution in [-0.4, -0.2) is 53.2 Å².